The van der Waals surface area contributed by atoms with Crippen molar-refractivity contribution < 1.29 is 9.13 Å². The molecule has 0 aliphatic heterocycles. The van der Waals surface area contributed by atoms with Gasteiger partial charge in [-0.05, 0) is 50.2 Å². The van der Waals surface area contributed by atoms with Crippen molar-refractivity contribution in [2.45, 2.75) is 20.4 Å². The SMILES string of the molecule is CCOc1cccc2nc(CN(CC)c3ccc(F)cc3)cc(=O)n12. The summed E-state index contributed by atoms with van der Waals surface area (Å²) in [4.78, 5) is 19.1. The van der Waals surface area contributed by atoms with Gasteiger partial charge in [-0.25, -0.2) is 13.8 Å². The molecule has 0 aliphatic rings. The highest BCUT2D eigenvalue weighted by atomic mass is 19.1. The van der Waals surface area contributed by atoms with E-state index in [9.17, 15) is 9.18 Å². The van der Waals surface area contributed by atoms with E-state index >= 15 is 0 Å². The molecule has 2 heterocycles. The molecule has 0 fully saturated rings. The molecule has 3 rings (SSSR count). The van der Waals surface area contributed by atoms with Crippen LogP contribution in [0, 0.1) is 5.82 Å². The third kappa shape index (κ3) is 3.63. The first-order chi connectivity index (χ1) is 12.1. The maximum Gasteiger partial charge on any atom is 0.261 e. The van der Waals surface area contributed by atoms with Crippen LogP contribution in [0.3, 0.4) is 0 Å². The maximum atomic E-state index is 13.1. The number of fused-ring (bicyclic) bond motifs is 1. The lowest BCUT2D eigenvalue weighted by atomic mass is 10.2. The van der Waals surface area contributed by atoms with Crippen LogP contribution >= 0.6 is 0 Å². The summed E-state index contributed by atoms with van der Waals surface area (Å²) in [6, 6.07) is 13.2. The molecule has 6 heteroatoms. The maximum absolute atomic E-state index is 13.1. The molecule has 0 unspecified atom stereocenters. The third-order valence-corrected chi connectivity index (χ3v) is 3.92. The van der Waals surface area contributed by atoms with E-state index in [1.54, 1.807) is 24.3 Å². The molecule has 130 valence electrons. The van der Waals surface area contributed by atoms with E-state index in [0.717, 1.165) is 5.69 Å². The lowest BCUT2D eigenvalue weighted by Gasteiger charge is -2.22. The van der Waals surface area contributed by atoms with Crippen LogP contribution in [0.5, 0.6) is 5.88 Å². The molecule has 0 atom stereocenters. The molecule has 0 bridgehead atoms. The van der Waals surface area contributed by atoms with Gasteiger partial charge in [-0.3, -0.25) is 4.79 Å². The predicted octanol–water partition coefficient (Wildman–Crippen LogP) is 3.26. The zero-order chi connectivity index (χ0) is 17.8. The highest BCUT2D eigenvalue weighted by molar-refractivity contribution is 5.47. The van der Waals surface area contributed by atoms with E-state index in [2.05, 4.69) is 4.98 Å². The molecular weight excluding hydrogens is 321 g/mol. The van der Waals surface area contributed by atoms with Crippen molar-refractivity contribution in [3.05, 3.63) is 70.4 Å². The van der Waals surface area contributed by atoms with Crippen LogP contribution in [0.25, 0.3) is 5.65 Å². The summed E-state index contributed by atoms with van der Waals surface area (Å²) in [6.07, 6.45) is 0. The van der Waals surface area contributed by atoms with Gasteiger partial charge in [-0.2, -0.15) is 0 Å². The number of rotatable bonds is 6. The number of hydrogen-bond donors (Lipinski definition) is 0. The normalized spacial score (nSPS) is 10.8. The molecule has 2 aromatic heterocycles. The number of ether oxygens (including phenoxy) is 1. The van der Waals surface area contributed by atoms with Crippen LogP contribution in [0.2, 0.25) is 0 Å². The highest BCUT2D eigenvalue weighted by Gasteiger charge is 2.11. The van der Waals surface area contributed by atoms with Gasteiger partial charge in [0.1, 0.15) is 11.5 Å². The molecule has 25 heavy (non-hydrogen) atoms. The first-order valence-electron chi connectivity index (χ1n) is 8.27. The molecule has 3 aromatic rings. The lowest BCUT2D eigenvalue weighted by Crippen LogP contribution is -2.25. The van der Waals surface area contributed by atoms with E-state index < -0.39 is 0 Å². The fourth-order valence-electron chi connectivity index (χ4n) is 2.75. The van der Waals surface area contributed by atoms with E-state index in [-0.39, 0.29) is 11.4 Å². The summed E-state index contributed by atoms with van der Waals surface area (Å²) in [7, 11) is 0. The van der Waals surface area contributed by atoms with Crippen LogP contribution in [0.1, 0.15) is 19.5 Å². The van der Waals surface area contributed by atoms with Crippen molar-refractivity contribution >= 4 is 11.3 Å². The molecular formula is C19H20FN3O2. The van der Waals surface area contributed by atoms with Crippen molar-refractivity contribution in [2.75, 3.05) is 18.1 Å². The van der Waals surface area contributed by atoms with Crippen LogP contribution in [0.15, 0.2) is 53.3 Å². The quantitative estimate of drug-likeness (QED) is 0.690. The monoisotopic (exact) mass is 341 g/mol. The van der Waals surface area contributed by atoms with Gasteiger partial charge in [-0.15, -0.1) is 0 Å². The Balaban J connectivity index is 1.96. The summed E-state index contributed by atoms with van der Waals surface area (Å²) in [5.41, 5.74) is 1.90. The molecule has 0 spiro atoms. The van der Waals surface area contributed by atoms with Gasteiger partial charge >= 0.3 is 0 Å². The lowest BCUT2D eigenvalue weighted by molar-refractivity contribution is 0.321. The number of anilines is 1. The van der Waals surface area contributed by atoms with E-state index in [1.807, 2.05) is 24.8 Å². The Labute approximate surface area is 145 Å². The molecule has 0 radical (unpaired) electrons. The summed E-state index contributed by atoms with van der Waals surface area (Å²) in [5, 5.41) is 0. The Bertz CT molecular complexity index is 922. The molecule has 0 amide bonds. The van der Waals surface area contributed by atoms with E-state index in [4.69, 9.17) is 4.74 Å². The second-order valence-electron chi connectivity index (χ2n) is 5.57. The first-order valence-corrected chi connectivity index (χ1v) is 8.27. The van der Waals surface area contributed by atoms with Crippen LogP contribution < -0.4 is 15.2 Å². The number of halogens is 1. The molecule has 0 N–H and O–H groups in total. The Hall–Kier alpha value is -2.89. The van der Waals surface area contributed by atoms with Crippen LogP contribution in [0.4, 0.5) is 10.1 Å². The van der Waals surface area contributed by atoms with Crippen LogP contribution in [-0.2, 0) is 6.54 Å². The fraction of sp³-hybridized carbons (Fsp3) is 0.263. The number of benzene rings is 1. The summed E-state index contributed by atoms with van der Waals surface area (Å²) < 4.78 is 20.1. The topological polar surface area (TPSA) is 46.8 Å². The molecule has 0 saturated carbocycles. The first kappa shape index (κ1) is 17.0. The Kier molecular flexibility index (Phi) is 4.97. The predicted molar refractivity (Wildman–Crippen MR) is 95.8 cm³/mol. The second-order valence-corrected chi connectivity index (χ2v) is 5.57. The molecule has 1 aromatic carbocycles. The average Bonchev–Trinajstić information content (AvgIpc) is 2.61. The van der Waals surface area contributed by atoms with Crippen molar-refractivity contribution in [1.29, 1.82) is 0 Å². The van der Waals surface area contributed by atoms with Crippen molar-refractivity contribution in [3.63, 3.8) is 0 Å². The smallest absolute Gasteiger partial charge is 0.261 e. The van der Waals surface area contributed by atoms with E-state index in [0.29, 0.717) is 36.9 Å². The minimum atomic E-state index is -0.273. The highest BCUT2D eigenvalue weighted by Crippen LogP contribution is 2.17. The summed E-state index contributed by atoms with van der Waals surface area (Å²) >= 11 is 0. The molecule has 5 nitrogen and oxygen atoms in total. The van der Waals surface area contributed by atoms with Crippen molar-refractivity contribution in [2.24, 2.45) is 0 Å². The number of aromatic nitrogens is 2. The Morgan fingerprint density at radius 2 is 1.92 bits per heavy atom. The van der Waals surface area contributed by atoms with Gasteiger partial charge in [0.25, 0.3) is 5.56 Å². The Morgan fingerprint density at radius 1 is 1.16 bits per heavy atom. The zero-order valence-corrected chi connectivity index (χ0v) is 14.3. The minimum absolute atomic E-state index is 0.181. The summed E-state index contributed by atoms with van der Waals surface area (Å²) in [5.74, 6) is 0.209. The second kappa shape index (κ2) is 7.34. The molecule has 0 saturated heterocycles. The largest absolute Gasteiger partial charge is 0.479 e. The zero-order valence-electron chi connectivity index (χ0n) is 14.3. The number of nitrogens with zero attached hydrogens (tertiary/aromatic N) is 3. The number of pyridine rings is 1. The average molecular weight is 341 g/mol. The Morgan fingerprint density at radius 3 is 2.60 bits per heavy atom. The van der Waals surface area contributed by atoms with Gasteiger partial charge in [0.15, 0.2) is 0 Å². The van der Waals surface area contributed by atoms with Gasteiger partial charge in [0, 0.05) is 18.3 Å². The van der Waals surface area contributed by atoms with Crippen molar-refractivity contribution in [1.82, 2.24) is 9.38 Å². The third-order valence-electron chi connectivity index (χ3n) is 3.92. The van der Waals surface area contributed by atoms with E-state index in [1.165, 1.54) is 22.6 Å². The number of hydrogen-bond acceptors (Lipinski definition) is 4. The van der Waals surface area contributed by atoms with Gasteiger partial charge in [-0.1, -0.05) is 6.07 Å². The van der Waals surface area contributed by atoms with Gasteiger partial charge in [0.2, 0.25) is 5.88 Å². The minimum Gasteiger partial charge on any atom is -0.479 e. The van der Waals surface area contributed by atoms with Gasteiger partial charge in [0.05, 0.1) is 18.8 Å². The standard InChI is InChI=1S/C19H20FN3O2/c1-3-22(16-10-8-14(20)9-11-16)13-15-12-18(24)23-17(21-15)6-5-7-19(23)25-4-2/h5-12H,3-4,13H2,1-2H3. The van der Waals surface area contributed by atoms with Crippen LogP contribution in [-0.4, -0.2) is 22.5 Å². The fourth-order valence-corrected chi connectivity index (χ4v) is 2.75. The molecule has 0 aliphatic carbocycles. The van der Waals surface area contributed by atoms with Crippen molar-refractivity contribution in [3.8, 4) is 5.88 Å². The van der Waals surface area contributed by atoms with Gasteiger partial charge < -0.3 is 9.64 Å². The summed E-state index contributed by atoms with van der Waals surface area (Å²) in [6.45, 7) is 5.53.